The highest BCUT2D eigenvalue weighted by Crippen LogP contribution is 2.20. The number of hydrogen-bond acceptors (Lipinski definition) is 2. The van der Waals surface area contributed by atoms with Crippen molar-refractivity contribution in [2.75, 3.05) is 5.32 Å². The quantitative estimate of drug-likeness (QED) is 0.401. The molecule has 3 aromatic carbocycles. The Morgan fingerprint density at radius 1 is 0.767 bits per heavy atom. The first-order valence-corrected chi connectivity index (χ1v) is 10.4. The smallest absolute Gasteiger partial charge is 0.335 e. The van der Waals surface area contributed by atoms with Crippen LogP contribution in [0.2, 0.25) is 5.02 Å². The van der Waals surface area contributed by atoms with Crippen LogP contribution in [-0.2, 0) is 12.8 Å². The van der Waals surface area contributed by atoms with E-state index in [0.29, 0.717) is 16.1 Å². The van der Waals surface area contributed by atoms with E-state index in [4.69, 9.17) is 11.6 Å². The molecule has 0 aromatic heterocycles. The van der Waals surface area contributed by atoms with Crippen LogP contribution in [0.25, 0.3) is 0 Å². The number of amides is 1. The lowest BCUT2D eigenvalue weighted by molar-refractivity contribution is 0.0695. The monoisotopic (exact) mass is 421 g/mol. The number of rotatable bonds is 9. The molecule has 0 spiro atoms. The summed E-state index contributed by atoms with van der Waals surface area (Å²) in [6.07, 6.45) is 4.45. The molecule has 30 heavy (non-hydrogen) atoms. The Labute approximate surface area is 181 Å². The molecule has 3 aromatic rings. The van der Waals surface area contributed by atoms with Crippen molar-refractivity contribution in [2.24, 2.45) is 0 Å². The molecular formula is C25H24ClNO3. The number of carboxylic acid groups (broad SMARTS) is 1. The van der Waals surface area contributed by atoms with E-state index < -0.39 is 5.97 Å². The third-order valence-electron chi connectivity index (χ3n) is 5.01. The van der Waals surface area contributed by atoms with Gasteiger partial charge in [-0.25, -0.2) is 4.79 Å². The molecule has 154 valence electrons. The molecule has 5 heteroatoms. The predicted molar refractivity (Wildman–Crippen MR) is 121 cm³/mol. The van der Waals surface area contributed by atoms with Crippen molar-refractivity contribution >= 4 is 29.2 Å². The molecule has 4 nitrogen and oxygen atoms in total. The van der Waals surface area contributed by atoms with Gasteiger partial charge in [-0.2, -0.15) is 0 Å². The number of carbonyl (C=O) groups is 2. The maximum absolute atomic E-state index is 12.5. The van der Waals surface area contributed by atoms with E-state index in [1.54, 1.807) is 36.4 Å². The fraction of sp³-hybridized carbons (Fsp3) is 0.200. The van der Waals surface area contributed by atoms with Crippen LogP contribution in [0.15, 0.2) is 72.8 Å². The topological polar surface area (TPSA) is 66.4 Å². The highest BCUT2D eigenvalue weighted by atomic mass is 35.5. The Bertz CT molecular complexity index is 1010. The van der Waals surface area contributed by atoms with Gasteiger partial charge in [0.25, 0.3) is 5.91 Å². The minimum Gasteiger partial charge on any atom is -0.478 e. The number of nitrogens with one attached hydrogen (secondary N) is 1. The summed E-state index contributed by atoms with van der Waals surface area (Å²) in [4.78, 5) is 23.8. The minimum atomic E-state index is -0.879. The number of anilines is 1. The summed E-state index contributed by atoms with van der Waals surface area (Å²) in [5.74, 6) is -1.04. The fourth-order valence-electron chi connectivity index (χ4n) is 3.41. The van der Waals surface area contributed by atoms with Gasteiger partial charge in [0, 0.05) is 16.3 Å². The third-order valence-corrected chi connectivity index (χ3v) is 5.26. The van der Waals surface area contributed by atoms with Gasteiger partial charge in [0.05, 0.1) is 5.56 Å². The standard InChI is InChI=1S/C25H24ClNO3/c26-21-16-14-20(15-17-21)24(28)27-23-13-7-5-11-19(23)10-3-1-2-8-18-9-4-6-12-22(18)25(29)30/h4-7,9,11-17H,1-3,8,10H2,(H,27,28)(H,29,30). The van der Waals surface area contributed by atoms with Gasteiger partial charge in [0.15, 0.2) is 0 Å². The van der Waals surface area contributed by atoms with E-state index in [2.05, 4.69) is 5.32 Å². The number of halogens is 1. The van der Waals surface area contributed by atoms with Crippen molar-refractivity contribution in [3.63, 3.8) is 0 Å². The molecule has 0 heterocycles. The summed E-state index contributed by atoms with van der Waals surface area (Å²) in [6, 6.07) is 21.8. The molecule has 0 saturated carbocycles. The van der Waals surface area contributed by atoms with Gasteiger partial charge in [-0.15, -0.1) is 0 Å². The summed E-state index contributed by atoms with van der Waals surface area (Å²) in [5, 5.41) is 12.9. The van der Waals surface area contributed by atoms with Crippen molar-refractivity contribution in [1.82, 2.24) is 0 Å². The molecule has 1 amide bonds. The van der Waals surface area contributed by atoms with Gasteiger partial charge >= 0.3 is 5.97 Å². The highest BCUT2D eigenvalue weighted by molar-refractivity contribution is 6.30. The number of carbonyl (C=O) groups excluding carboxylic acids is 1. The van der Waals surface area contributed by atoms with E-state index >= 15 is 0 Å². The number of carboxylic acids is 1. The van der Waals surface area contributed by atoms with E-state index in [9.17, 15) is 14.7 Å². The SMILES string of the molecule is O=C(Nc1ccccc1CCCCCc1ccccc1C(=O)O)c1ccc(Cl)cc1. The van der Waals surface area contributed by atoms with Gasteiger partial charge in [-0.05, 0) is 73.2 Å². The summed E-state index contributed by atoms with van der Waals surface area (Å²) >= 11 is 5.89. The number of benzene rings is 3. The van der Waals surface area contributed by atoms with Crippen LogP contribution >= 0.6 is 11.6 Å². The zero-order valence-corrected chi connectivity index (χ0v) is 17.4. The second kappa shape index (κ2) is 10.6. The molecule has 0 saturated heterocycles. The molecule has 0 aliphatic rings. The summed E-state index contributed by atoms with van der Waals surface area (Å²) in [5.41, 5.74) is 3.72. The van der Waals surface area contributed by atoms with Gasteiger partial charge in [-0.1, -0.05) is 54.4 Å². The van der Waals surface area contributed by atoms with Gasteiger partial charge in [-0.3, -0.25) is 4.79 Å². The van der Waals surface area contributed by atoms with Gasteiger partial charge in [0.1, 0.15) is 0 Å². The van der Waals surface area contributed by atoms with E-state index in [1.807, 2.05) is 36.4 Å². The molecule has 0 bridgehead atoms. The van der Waals surface area contributed by atoms with Crippen molar-refractivity contribution < 1.29 is 14.7 Å². The zero-order valence-electron chi connectivity index (χ0n) is 16.6. The Kier molecular flexibility index (Phi) is 7.63. The summed E-state index contributed by atoms with van der Waals surface area (Å²) in [6.45, 7) is 0. The van der Waals surface area contributed by atoms with E-state index in [0.717, 1.165) is 48.9 Å². The van der Waals surface area contributed by atoms with Gasteiger partial charge < -0.3 is 10.4 Å². The summed E-state index contributed by atoms with van der Waals surface area (Å²) < 4.78 is 0. The number of hydrogen-bond donors (Lipinski definition) is 2. The van der Waals surface area contributed by atoms with Crippen molar-refractivity contribution in [1.29, 1.82) is 0 Å². The zero-order chi connectivity index (χ0) is 21.3. The molecule has 0 fully saturated rings. The molecule has 2 N–H and O–H groups in total. The number of aryl methyl sites for hydroxylation is 2. The maximum Gasteiger partial charge on any atom is 0.335 e. The van der Waals surface area contributed by atoms with Crippen LogP contribution < -0.4 is 5.32 Å². The second-order valence-corrected chi connectivity index (χ2v) is 7.58. The summed E-state index contributed by atoms with van der Waals surface area (Å²) in [7, 11) is 0. The highest BCUT2D eigenvalue weighted by Gasteiger charge is 2.10. The van der Waals surface area contributed by atoms with E-state index in [1.165, 1.54) is 0 Å². The minimum absolute atomic E-state index is 0.163. The fourth-order valence-corrected chi connectivity index (χ4v) is 3.54. The lowest BCUT2D eigenvalue weighted by Crippen LogP contribution is -2.13. The van der Waals surface area contributed by atoms with Crippen LogP contribution in [0, 0.1) is 0 Å². The first-order valence-electron chi connectivity index (χ1n) is 10.0. The van der Waals surface area contributed by atoms with Crippen LogP contribution in [0.1, 0.15) is 51.1 Å². The molecular weight excluding hydrogens is 398 g/mol. The largest absolute Gasteiger partial charge is 0.478 e. The molecule has 0 aliphatic heterocycles. The lowest BCUT2D eigenvalue weighted by atomic mass is 9.99. The number of aromatic carboxylic acids is 1. The van der Waals surface area contributed by atoms with Crippen LogP contribution in [0.3, 0.4) is 0 Å². The average Bonchev–Trinajstić information content (AvgIpc) is 2.75. The molecule has 0 unspecified atom stereocenters. The predicted octanol–water partition coefficient (Wildman–Crippen LogP) is 6.25. The number of unbranched alkanes of at least 4 members (excludes halogenated alkanes) is 2. The normalized spacial score (nSPS) is 10.6. The maximum atomic E-state index is 12.5. The Morgan fingerprint density at radius 3 is 2.07 bits per heavy atom. The molecule has 3 rings (SSSR count). The van der Waals surface area contributed by atoms with E-state index in [-0.39, 0.29) is 5.91 Å². The third kappa shape index (κ3) is 5.94. The molecule has 0 atom stereocenters. The van der Waals surface area contributed by atoms with Crippen LogP contribution in [0.5, 0.6) is 0 Å². The Balaban J connectivity index is 1.52. The lowest BCUT2D eigenvalue weighted by Gasteiger charge is -2.11. The Morgan fingerprint density at radius 2 is 1.37 bits per heavy atom. The van der Waals surface area contributed by atoms with Crippen LogP contribution in [0.4, 0.5) is 5.69 Å². The first-order chi connectivity index (χ1) is 14.5. The second-order valence-electron chi connectivity index (χ2n) is 7.14. The van der Waals surface area contributed by atoms with Crippen molar-refractivity contribution in [2.45, 2.75) is 32.1 Å². The van der Waals surface area contributed by atoms with Gasteiger partial charge in [0.2, 0.25) is 0 Å². The first kappa shape index (κ1) is 21.6. The molecule has 0 radical (unpaired) electrons. The van der Waals surface area contributed by atoms with Crippen molar-refractivity contribution in [3.8, 4) is 0 Å². The van der Waals surface area contributed by atoms with Crippen LogP contribution in [-0.4, -0.2) is 17.0 Å². The van der Waals surface area contributed by atoms with Crippen molar-refractivity contribution in [3.05, 3.63) is 100 Å². The average molecular weight is 422 g/mol. The molecule has 0 aliphatic carbocycles. The number of para-hydroxylation sites is 1. The Hall–Kier alpha value is -3.11.